The average Bonchev–Trinajstić information content (AvgIpc) is 3.18. The van der Waals surface area contributed by atoms with Crippen LogP contribution in [0.5, 0.6) is 0 Å². The van der Waals surface area contributed by atoms with Gasteiger partial charge in [-0.2, -0.15) is 0 Å². The fourth-order valence-electron chi connectivity index (χ4n) is 2.84. The number of hydrogen-bond donors (Lipinski definition) is 1. The Hall–Kier alpha value is -2.31. The third-order valence-corrected chi connectivity index (χ3v) is 5.49. The van der Waals surface area contributed by atoms with Gasteiger partial charge in [0.05, 0.1) is 12.5 Å². The molecule has 27 heavy (non-hydrogen) atoms. The molecule has 0 aromatic heterocycles. The van der Waals surface area contributed by atoms with Crippen LogP contribution in [-0.4, -0.2) is 40.5 Å². The van der Waals surface area contributed by atoms with Crippen LogP contribution in [0.2, 0.25) is 0 Å². The predicted octanol–water partition coefficient (Wildman–Crippen LogP) is 3.44. The molecular formula is C21H24N2O3S. The molecule has 0 radical (unpaired) electrons. The molecule has 6 heteroatoms. The predicted molar refractivity (Wildman–Crippen MR) is 108 cm³/mol. The molecule has 3 rings (SSSR count). The number of carbonyl (C=O) groups is 2. The molecule has 2 aromatic carbocycles. The molecule has 5 nitrogen and oxygen atoms in total. The summed E-state index contributed by atoms with van der Waals surface area (Å²) in [6, 6.07) is 16.9. The molecule has 1 aliphatic rings. The summed E-state index contributed by atoms with van der Waals surface area (Å²) in [5, 5.41) is 2.91. The van der Waals surface area contributed by atoms with E-state index in [2.05, 4.69) is 5.32 Å². The number of ether oxygens (including phenoxy) is 1. The van der Waals surface area contributed by atoms with E-state index in [0.717, 1.165) is 16.8 Å². The summed E-state index contributed by atoms with van der Waals surface area (Å²) < 4.78 is 5.73. The summed E-state index contributed by atoms with van der Waals surface area (Å²) in [4.78, 5) is 27.1. The van der Waals surface area contributed by atoms with Gasteiger partial charge in [-0.05, 0) is 31.5 Å². The molecule has 0 spiro atoms. The lowest BCUT2D eigenvalue weighted by Crippen LogP contribution is -2.48. The standard InChI is InChI=1S/C21H24N2O3S/c1-15-8-10-18(11-9-15)22-20(24)19-13-27-14-23(19)21(25)16(2)26-12-17-6-4-3-5-7-17/h3-11,16,19H,12-14H2,1-2H3,(H,22,24). The highest BCUT2D eigenvalue weighted by molar-refractivity contribution is 7.99. The highest BCUT2D eigenvalue weighted by Gasteiger charge is 2.36. The van der Waals surface area contributed by atoms with E-state index in [4.69, 9.17) is 4.74 Å². The van der Waals surface area contributed by atoms with E-state index in [1.54, 1.807) is 23.6 Å². The maximum Gasteiger partial charge on any atom is 0.252 e. The van der Waals surface area contributed by atoms with Gasteiger partial charge in [0, 0.05) is 11.4 Å². The van der Waals surface area contributed by atoms with Gasteiger partial charge in [0.15, 0.2) is 0 Å². The normalized spacial score (nSPS) is 17.6. The van der Waals surface area contributed by atoms with E-state index in [-0.39, 0.29) is 11.8 Å². The van der Waals surface area contributed by atoms with Crippen LogP contribution in [0.15, 0.2) is 54.6 Å². The van der Waals surface area contributed by atoms with Crippen molar-refractivity contribution in [1.82, 2.24) is 4.90 Å². The minimum atomic E-state index is -0.599. The van der Waals surface area contributed by atoms with Crippen LogP contribution in [-0.2, 0) is 20.9 Å². The molecule has 1 saturated heterocycles. The number of nitrogens with one attached hydrogen (secondary N) is 1. The molecule has 2 unspecified atom stereocenters. The van der Waals surface area contributed by atoms with Crippen molar-refractivity contribution in [1.29, 1.82) is 0 Å². The van der Waals surface area contributed by atoms with Crippen molar-refractivity contribution in [2.24, 2.45) is 0 Å². The Morgan fingerprint density at radius 2 is 1.89 bits per heavy atom. The van der Waals surface area contributed by atoms with Gasteiger partial charge in [-0.1, -0.05) is 48.0 Å². The third-order valence-electron chi connectivity index (χ3n) is 4.48. The van der Waals surface area contributed by atoms with Crippen LogP contribution >= 0.6 is 11.8 Å². The van der Waals surface area contributed by atoms with Crippen LogP contribution < -0.4 is 5.32 Å². The van der Waals surface area contributed by atoms with Gasteiger partial charge in [-0.25, -0.2) is 0 Å². The Morgan fingerprint density at radius 1 is 1.19 bits per heavy atom. The number of thioether (sulfide) groups is 1. The zero-order chi connectivity index (χ0) is 19.2. The Labute approximate surface area is 164 Å². The molecule has 2 atom stereocenters. The van der Waals surface area contributed by atoms with E-state index < -0.39 is 12.1 Å². The molecule has 1 heterocycles. The van der Waals surface area contributed by atoms with E-state index in [1.807, 2.05) is 61.5 Å². The Balaban J connectivity index is 1.58. The van der Waals surface area contributed by atoms with Crippen molar-refractivity contribution in [3.05, 3.63) is 65.7 Å². The summed E-state index contributed by atoms with van der Waals surface area (Å²) in [7, 11) is 0. The maximum atomic E-state index is 12.8. The molecule has 1 N–H and O–H groups in total. The fourth-order valence-corrected chi connectivity index (χ4v) is 4.00. The van der Waals surface area contributed by atoms with E-state index in [0.29, 0.717) is 18.2 Å². The second-order valence-corrected chi connectivity index (χ2v) is 7.62. The van der Waals surface area contributed by atoms with Crippen LogP contribution in [0.3, 0.4) is 0 Å². The molecule has 2 aromatic rings. The van der Waals surface area contributed by atoms with Gasteiger partial charge < -0.3 is 15.0 Å². The first-order chi connectivity index (χ1) is 13.0. The molecule has 142 valence electrons. The van der Waals surface area contributed by atoms with Gasteiger partial charge in [-0.15, -0.1) is 11.8 Å². The minimum absolute atomic E-state index is 0.153. The van der Waals surface area contributed by atoms with Crippen molar-refractivity contribution in [3.8, 4) is 0 Å². The molecular weight excluding hydrogens is 360 g/mol. The summed E-state index contributed by atoms with van der Waals surface area (Å²) >= 11 is 1.58. The van der Waals surface area contributed by atoms with Gasteiger partial charge in [0.25, 0.3) is 5.91 Å². The molecule has 0 aliphatic carbocycles. The summed E-state index contributed by atoms with van der Waals surface area (Å²) in [6.45, 7) is 4.11. The quantitative estimate of drug-likeness (QED) is 0.829. The largest absolute Gasteiger partial charge is 0.364 e. The van der Waals surface area contributed by atoms with Crippen LogP contribution in [0.1, 0.15) is 18.1 Å². The lowest BCUT2D eigenvalue weighted by molar-refractivity contribution is -0.146. The van der Waals surface area contributed by atoms with Crippen LogP contribution in [0.25, 0.3) is 0 Å². The van der Waals surface area contributed by atoms with Gasteiger partial charge in [0.2, 0.25) is 5.91 Å². The lowest BCUT2D eigenvalue weighted by atomic mass is 10.2. The minimum Gasteiger partial charge on any atom is -0.364 e. The topological polar surface area (TPSA) is 58.6 Å². The summed E-state index contributed by atoms with van der Waals surface area (Å²) in [6.07, 6.45) is -0.599. The Morgan fingerprint density at radius 3 is 2.59 bits per heavy atom. The van der Waals surface area contributed by atoms with Gasteiger partial charge in [0.1, 0.15) is 12.1 Å². The summed E-state index contributed by atoms with van der Waals surface area (Å²) in [5.74, 6) is 0.783. The van der Waals surface area contributed by atoms with Gasteiger partial charge in [-0.3, -0.25) is 9.59 Å². The number of aryl methyl sites for hydroxylation is 1. The highest BCUT2D eigenvalue weighted by atomic mass is 32.2. The average molecular weight is 385 g/mol. The van der Waals surface area contributed by atoms with Crippen molar-refractivity contribution in [2.75, 3.05) is 16.9 Å². The zero-order valence-corrected chi connectivity index (χ0v) is 16.4. The first-order valence-electron chi connectivity index (χ1n) is 8.96. The number of rotatable bonds is 6. The molecule has 2 amide bonds. The maximum absolute atomic E-state index is 12.8. The number of carbonyl (C=O) groups excluding carboxylic acids is 2. The number of benzene rings is 2. The van der Waals surface area contributed by atoms with Crippen molar-refractivity contribution >= 4 is 29.3 Å². The van der Waals surface area contributed by atoms with Crippen LogP contribution in [0.4, 0.5) is 5.69 Å². The molecule has 0 bridgehead atoms. The zero-order valence-electron chi connectivity index (χ0n) is 15.6. The second kappa shape index (κ2) is 9.06. The molecule has 0 saturated carbocycles. The number of anilines is 1. The van der Waals surface area contributed by atoms with Crippen molar-refractivity contribution in [3.63, 3.8) is 0 Å². The summed E-state index contributed by atoms with van der Waals surface area (Å²) in [5.41, 5.74) is 2.88. The molecule has 1 aliphatic heterocycles. The van der Waals surface area contributed by atoms with Crippen LogP contribution in [0, 0.1) is 6.92 Å². The van der Waals surface area contributed by atoms with Crippen molar-refractivity contribution in [2.45, 2.75) is 32.6 Å². The SMILES string of the molecule is Cc1ccc(NC(=O)C2CSCN2C(=O)C(C)OCc2ccccc2)cc1. The lowest BCUT2D eigenvalue weighted by Gasteiger charge is -2.26. The smallest absolute Gasteiger partial charge is 0.252 e. The first kappa shape index (κ1) is 19.5. The second-order valence-electron chi connectivity index (χ2n) is 6.62. The first-order valence-corrected chi connectivity index (χ1v) is 10.1. The van der Waals surface area contributed by atoms with E-state index in [9.17, 15) is 9.59 Å². The van der Waals surface area contributed by atoms with Gasteiger partial charge >= 0.3 is 0 Å². The Bertz CT molecular complexity index is 780. The monoisotopic (exact) mass is 384 g/mol. The number of amides is 2. The third kappa shape index (κ3) is 5.11. The van der Waals surface area contributed by atoms with E-state index in [1.165, 1.54) is 0 Å². The number of nitrogens with zero attached hydrogens (tertiary/aromatic N) is 1. The molecule has 1 fully saturated rings. The highest BCUT2D eigenvalue weighted by Crippen LogP contribution is 2.24. The van der Waals surface area contributed by atoms with E-state index >= 15 is 0 Å². The van der Waals surface area contributed by atoms with Crippen molar-refractivity contribution < 1.29 is 14.3 Å². The number of hydrogen-bond acceptors (Lipinski definition) is 4. The Kier molecular flexibility index (Phi) is 6.53. The fraction of sp³-hybridized carbons (Fsp3) is 0.333.